The van der Waals surface area contributed by atoms with Gasteiger partial charge in [0.2, 0.25) is 0 Å². The first-order chi connectivity index (χ1) is 12.8. The summed E-state index contributed by atoms with van der Waals surface area (Å²) in [5.74, 6) is -2.09. The van der Waals surface area contributed by atoms with Gasteiger partial charge < -0.3 is 29.4 Å². The van der Waals surface area contributed by atoms with Crippen molar-refractivity contribution < 1.29 is 42.4 Å². The van der Waals surface area contributed by atoms with Gasteiger partial charge in [0, 0.05) is 11.8 Å². The van der Waals surface area contributed by atoms with Crippen molar-refractivity contribution in [2.24, 2.45) is 0 Å². The Labute approximate surface area is 151 Å². The van der Waals surface area contributed by atoms with Gasteiger partial charge >= 0.3 is 12.3 Å². The highest BCUT2D eigenvalue weighted by Gasteiger charge is 2.43. The lowest BCUT2D eigenvalue weighted by Crippen LogP contribution is -2.25. The van der Waals surface area contributed by atoms with Gasteiger partial charge in [0.25, 0.3) is 5.91 Å². The number of aromatic hydroxyl groups is 1. The zero-order valence-corrected chi connectivity index (χ0v) is 13.8. The van der Waals surface area contributed by atoms with E-state index in [1.807, 2.05) is 0 Å². The zero-order chi connectivity index (χ0) is 19.6. The number of ether oxygens (including phenoxy) is 4. The summed E-state index contributed by atoms with van der Waals surface area (Å²) < 4.78 is 44.2. The second-order valence-electron chi connectivity index (χ2n) is 5.34. The first-order valence-electron chi connectivity index (χ1n) is 7.51. The van der Waals surface area contributed by atoms with Gasteiger partial charge in [0.15, 0.2) is 18.1 Å². The maximum atomic E-state index is 13.0. The minimum atomic E-state index is -3.76. The Hall–Kier alpha value is -3.56. The highest BCUT2D eigenvalue weighted by molar-refractivity contribution is 5.97. The molecule has 1 heterocycles. The van der Waals surface area contributed by atoms with Crippen LogP contribution in [0, 0.1) is 0 Å². The van der Waals surface area contributed by atoms with E-state index in [0.717, 1.165) is 6.07 Å². The topological polar surface area (TPSA) is 103 Å². The average Bonchev–Trinajstić information content (AvgIpc) is 2.93. The van der Waals surface area contributed by atoms with Crippen molar-refractivity contribution in [3.63, 3.8) is 0 Å². The lowest BCUT2D eigenvalue weighted by molar-refractivity contribution is -0.286. The normalized spacial score (nSPS) is 13.7. The van der Waals surface area contributed by atoms with Crippen LogP contribution < -0.4 is 19.5 Å². The van der Waals surface area contributed by atoms with E-state index in [9.17, 15) is 23.5 Å². The molecule has 2 aromatic carbocycles. The molecular formula is C17H13F2NO7. The Morgan fingerprint density at radius 2 is 1.89 bits per heavy atom. The Bertz CT molecular complexity index is 901. The number of nitrogens with one attached hydrogen (secondary N) is 1. The summed E-state index contributed by atoms with van der Waals surface area (Å²) in [5, 5.41) is 12.0. The van der Waals surface area contributed by atoms with Crippen LogP contribution in [-0.4, -0.2) is 37.0 Å². The molecule has 3 rings (SSSR count). The molecule has 0 atom stereocenters. The fourth-order valence-corrected chi connectivity index (χ4v) is 2.24. The molecular weight excluding hydrogens is 368 g/mol. The molecule has 142 valence electrons. The maximum absolute atomic E-state index is 13.0. The van der Waals surface area contributed by atoms with Gasteiger partial charge in [-0.2, -0.15) is 0 Å². The standard InChI is InChI=1S/C17H13F2NO7/c1-24-10-3-4-12(21)11(7-10)16(23)25-8-15(22)20-9-2-5-13-14(6-9)27-17(18,19)26-13/h2-7,21H,8H2,1H3,(H,20,22). The maximum Gasteiger partial charge on any atom is 0.586 e. The number of benzene rings is 2. The molecule has 1 aliphatic heterocycles. The van der Waals surface area contributed by atoms with Crippen LogP contribution in [0.3, 0.4) is 0 Å². The Morgan fingerprint density at radius 3 is 2.63 bits per heavy atom. The quantitative estimate of drug-likeness (QED) is 0.767. The van der Waals surface area contributed by atoms with Crippen LogP contribution in [0.2, 0.25) is 0 Å². The van der Waals surface area contributed by atoms with E-state index in [-0.39, 0.29) is 28.5 Å². The van der Waals surface area contributed by atoms with E-state index in [1.54, 1.807) is 0 Å². The van der Waals surface area contributed by atoms with Gasteiger partial charge in [-0.05, 0) is 30.3 Å². The van der Waals surface area contributed by atoms with Gasteiger partial charge in [-0.15, -0.1) is 8.78 Å². The summed E-state index contributed by atoms with van der Waals surface area (Å²) >= 11 is 0. The van der Waals surface area contributed by atoms with E-state index in [4.69, 9.17) is 9.47 Å². The number of phenols is 1. The number of rotatable bonds is 5. The average molecular weight is 381 g/mol. The number of carbonyl (C=O) groups is 2. The number of hydrogen-bond acceptors (Lipinski definition) is 7. The first kappa shape index (κ1) is 18.2. The zero-order valence-electron chi connectivity index (χ0n) is 13.8. The summed E-state index contributed by atoms with van der Waals surface area (Å²) in [6, 6.07) is 7.61. The third-order valence-corrected chi connectivity index (χ3v) is 3.44. The number of phenolic OH excluding ortho intramolecular Hbond substituents is 1. The SMILES string of the molecule is COc1ccc(O)c(C(=O)OCC(=O)Nc2ccc3c(c2)OC(F)(F)O3)c1. The number of fused-ring (bicyclic) bond motifs is 1. The second kappa shape index (κ2) is 6.98. The molecule has 10 heteroatoms. The summed E-state index contributed by atoms with van der Waals surface area (Å²) in [7, 11) is 1.39. The molecule has 0 saturated carbocycles. The molecule has 0 bridgehead atoms. The van der Waals surface area contributed by atoms with Crippen molar-refractivity contribution in [1.29, 1.82) is 0 Å². The predicted molar refractivity (Wildman–Crippen MR) is 86.2 cm³/mol. The molecule has 0 saturated heterocycles. The van der Waals surface area contributed by atoms with E-state index >= 15 is 0 Å². The largest absolute Gasteiger partial charge is 0.586 e. The van der Waals surface area contributed by atoms with Crippen LogP contribution in [0.1, 0.15) is 10.4 Å². The van der Waals surface area contributed by atoms with Gasteiger partial charge in [-0.1, -0.05) is 0 Å². The number of amides is 1. The van der Waals surface area contributed by atoms with Crippen molar-refractivity contribution in [2.75, 3.05) is 19.0 Å². The van der Waals surface area contributed by atoms with Crippen molar-refractivity contribution in [3.8, 4) is 23.0 Å². The van der Waals surface area contributed by atoms with Crippen LogP contribution in [0.25, 0.3) is 0 Å². The summed E-state index contributed by atoms with van der Waals surface area (Å²) in [6.45, 7) is -0.667. The van der Waals surface area contributed by atoms with Gasteiger partial charge in [0.1, 0.15) is 17.1 Å². The van der Waals surface area contributed by atoms with E-state index in [2.05, 4.69) is 14.8 Å². The third kappa shape index (κ3) is 4.17. The highest BCUT2D eigenvalue weighted by atomic mass is 19.3. The molecule has 8 nitrogen and oxygen atoms in total. The molecule has 0 fully saturated rings. The monoisotopic (exact) mass is 381 g/mol. The molecule has 0 aliphatic carbocycles. The lowest BCUT2D eigenvalue weighted by atomic mass is 10.2. The van der Waals surface area contributed by atoms with Gasteiger partial charge in [-0.3, -0.25) is 4.79 Å². The summed E-state index contributed by atoms with van der Waals surface area (Å²) in [5.41, 5.74) is -0.0345. The van der Waals surface area contributed by atoms with Crippen LogP contribution in [-0.2, 0) is 9.53 Å². The lowest BCUT2D eigenvalue weighted by Gasteiger charge is -2.09. The smallest absolute Gasteiger partial charge is 0.507 e. The summed E-state index contributed by atoms with van der Waals surface area (Å²) in [4.78, 5) is 23.9. The fraction of sp³-hybridized carbons (Fsp3) is 0.176. The Morgan fingerprint density at radius 1 is 1.15 bits per heavy atom. The molecule has 2 aromatic rings. The van der Waals surface area contributed by atoms with Crippen LogP contribution in [0.15, 0.2) is 36.4 Å². The molecule has 2 N–H and O–H groups in total. The van der Waals surface area contributed by atoms with Crippen LogP contribution in [0.5, 0.6) is 23.0 Å². The molecule has 0 unspecified atom stereocenters. The molecule has 1 aliphatic rings. The Kier molecular flexibility index (Phi) is 4.72. The van der Waals surface area contributed by atoms with Crippen molar-refractivity contribution in [2.45, 2.75) is 6.29 Å². The number of halogens is 2. The van der Waals surface area contributed by atoms with Gasteiger partial charge in [0.05, 0.1) is 7.11 Å². The van der Waals surface area contributed by atoms with E-state index < -0.39 is 24.8 Å². The second-order valence-corrected chi connectivity index (χ2v) is 5.34. The molecule has 1 amide bonds. The minimum absolute atomic E-state index is 0.139. The molecule has 0 aromatic heterocycles. The molecule has 0 spiro atoms. The number of alkyl halides is 2. The Balaban J connectivity index is 1.58. The molecule has 27 heavy (non-hydrogen) atoms. The van der Waals surface area contributed by atoms with Crippen LogP contribution in [0.4, 0.5) is 14.5 Å². The highest BCUT2D eigenvalue weighted by Crippen LogP contribution is 2.42. The first-order valence-corrected chi connectivity index (χ1v) is 7.51. The number of carbonyl (C=O) groups excluding carboxylic acids is 2. The number of methoxy groups -OCH3 is 1. The van der Waals surface area contributed by atoms with Crippen molar-refractivity contribution >= 4 is 17.6 Å². The van der Waals surface area contributed by atoms with Crippen LogP contribution >= 0.6 is 0 Å². The predicted octanol–water partition coefficient (Wildman–Crippen LogP) is 2.52. The third-order valence-electron chi connectivity index (χ3n) is 3.44. The molecule has 0 radical (unpaired) electrons. The van der Waals surface area contributed by atoms with E-state index in [1.165, 1.54) is 37.4 Å². The van der Waals surface area contributed by atoms with Gasteiger partial charge in [-0.25, -0.2) is 4.79 Å². The number of anilines is 1. The number of esters is 1. The minimum Gasteiger partial charge on any atom is -0.507 e. The van der Waals surface area contributed by atoms with Crippen molar-refractivity contribution in [3.05, 3.63) is 42.0 Å². The fourth-order valence-electron chi connectivity index (χ4n) is 2.24. The summed E-state index contributed by atoms with van der Waals surface area (Å²) in [6.07, 6.45) is -3.76. The number of hydrogen-bond donors (Lipinski definition) is 2. The van der Waals surface area contributed by atoms with E-state index in [0.29, 0.717) is 5.75 Å². The van der Waals surface area contributed by atoms with Crippen molar-refractivity contribution in [1.82, 2.24) is 0 Å².